The van der Waals surface area contributed by atoms with Gasteiger partial charge in [0, 0.05) is 18.7 Å². The van der Waals surface area contributed by atoms with Gasteiger partial charge in [-0.15, -0.1) is 0 Å². The van der Waals surface area contributed by atoms with Gasteiger partial charge in [-0.2, -0.15) is 0 Å². The fourth-order valence-corrected chi connectivity index (χ4v) is 2.64. The average molecular weight is 231 g/mol. The molecule has 17 heavy (non-hydrogen) atoms. The predicted octanol–water partition coefficient (Wildman–Crippen LogP) is 1.89. The number of imidazole rings is 1. The molecule has 1 fully saturated rings. The Morgan fingerprint density at radius 1 is 1.47 bits per heavy atom. The lowest BCUT2D eigenvalue weighted by atomic mass is 10.2. The highest BCUT2D eigenvalue weighted by Gasteiger charge is 2.20. The molecule has 1 atom stereocenters. The maximum Gasteiger partial charge on any atom is 0.121 e. The van der Waals surface area contributed by atoms with Gasteiger partial charge in [0.05, 0.1) is 18.1 Å². The van der Waals surface area contributed by atoms with Crippen LogP contribution in [0.15, 0.2) is 18.2 Å². The summed E-state index contributed by atoms with van der Waals surface area (Å²) in [6.07, 6.45) is 1.17. The molecule has 1 aromatic heterocycles. The van der Waals surface area contributed by atoms with Crippen LogP contribution in [-0.2, 0) is 0 Å². The fraction of sp³-hybridized carbons (Fsp3) is 0.462. The van der Waals surface area contributed by atoms with Crippen LogP contribution >= 0.6 is 0 Å². The van der Waals surface area contributed by atoms with Gasteiger partial charge in [0.15, 0.2) is 0 Å². The Balaban J connectivity index is 2.17. The molecule has 0 bridgehead atoms. The third-order valence-corrected chi connectivity index (χ3v) is 3.47. The number of hydrogen-bond donors (Lipinski definition) is 1. The third kappa shape index (κ3) is 1.69. The molecule has 1 aliphatic rings. The molecule has 0 radical (unpaired) electrons. The van der Waals surface area contributed by atoms with E-state index in [9.17, 15) is 0 Å². The van der Waals surface area contributed by atoms with Crippen LogP contribution in [0.2, 0.25) is 0 Å². The molecule has 0 amide bonds. The highest BCUT2D eigenvalue weighted by atomic mass is 16.5. The summed E-state index contributed by atoms with van der Waals surface area (Å²) < 4.78 is 7.62. The van der Waals surface area contributed by atoms with E-state index in [1.165, 1.54) is 11.9 Å². The van der Waals surface area contributed by atoms with Gasteiger partial charge >= 0.3 is 0 Å². The fourth-order valence-electron chi connectivity index (χ4n) is 2.64. The first kappa shape index (κ1) is 10.6. The Hall–Kier alpha value is -1.55. The smallest absolute Gasteiger partial charge is 0.121 e. The van der Waals surface area contributed by atoms with Crippen molar-refractivity contribution in [1.29, 1.82) is 0 Å². The van der Waals surface area contributed by atoms with Gasteiger partial charge in [-0.3, -0.25) is 0 Å². The molecule has 1 aromatic carbocycles. The van der Waals surface area contributed by atoms with E-state index < -0.39 is 0 Å². The van der Waals surface area contributed by atoms with Gasteiger partial charge < -0.3 is 14.6 Å². The summed E-state index contributed by atoms with van der Waals surface area (Å²) in [6.45, 7) is 4.20. The van der Waals surface area contributed by atoms with Crippen molar-refractivity contribution < 1.29 is 4.74 Å². The van der Waals surface area contributed by atoms with Gasteiger partial charge in [-0.1, -0.05) is 0 Å². The predicted molar refractivity (Wildman–Crippen MR) is 67.5 cm³/mol. The Kier molecular flexibility index (Phi) is 2.52. The summed E-state index contributed by atoms with van der Waals surface area (Å²) in [5.74, 6) is 1.98. The third-order valence-electron chi connectivity index (χ3n) is 3.47. The zero-order valence-electron chi connectivity index (χ0n) is 10.2. The molecule has 90 valence electrons. The van der Waals surface area contributed by atoms with Gasteiger partial charge in [0.1, 0.15) is 11.6 Å². The van der Waals surface area contributed by atoms with E-state index in [4.69, 9.17) is 4.74 Å². The van der Waals surface area contributed by atoms with E-state index in [0.29, 0.717) is 6.04 Å². The summed E-state index contributed by atoms with van der Waals surface area (Å²) in [5, 5.41) is 3.40. The van der Waals surface area contributed by atoms with Crippen LogP contribution in [0, 0.1) is 6.92 Å². The summed E-state index contributed by atoms with van der Waals surface area (Å²) in [4.78, 5) is 4.61. The molecule has 4 nitrogen and oxygen atoms in total. The van der Waals surface area contributed by atoms with Crippen LogP contribution in [-0.4, -0.2) is 29.8 Å². The number of fused-ring (bicyclic) bond motifs is 1. The second kappa shape index (κ2) is 4.04. The van der Waals surface area contributed by atoms with Crippen molar-refractivity contribution in [3.8, 4) is 5.75 Å². The first-order chi connectivity index (χ1) is 8.29. The molecule has 1 N–H and O–H groups in total. The molecule has 4 heteroatoms. The number of aryl methyl sites for hydroxylation is 1. The van der Waals surface area contributed by atoms with Crippen LogP contribution in [0.5, 0.6) is 5.75 Å². The van der Waals surface area contributed by atoms with E-state index >= 15 is 0 Å². The van der Waals surface area contributed by atoms with Crippen molar-refractivity contribution in [2.45, 2.75) is 19.4 Å². The molecule has 0 aliphatic carbocycles. The maximum atomic E-state index is 5.29. The van der Waals surface area contributed by atoms with Crippen molar-refractivity contribution in [2.75, 3.05) is 20.2 Å². The SMILES string of the molecule is COc1ccc2nc(C)n(C3CCNC3)c2c1. The van der Waals surface area contributed by atoms with Gasteiger partial charge in [-0.25, -0.2) is 4.98 Å². The highest BCUT2D eigenvalue weighted by Crippen LogP contribution is 2.27. The Bertz CT molecular complexity index is 541. The van der Waals surface area contributed by atoms with Crippen LogP contribution in [0.1, 0.15) is 18.3 Å². The minimum Gasteiger partial charge on any atom is -0.497 e. The van der Waals surface area contributed by atoms with Gasteiger partial charge in [0.2, 0.25) is 0 Å². The number of aromatic nitrogens is 2. The molecule has 1 unspecified atom stereocenters. The Labute approximate surface area is 101 Å². The Morgan fingerprint density at radius 3 is 3.06 bits per heavy atom. The molecule has 0 saturated carbocycles. The monoisotopic (exact) mass is 231 g/mol. The van der Waals surface area contributed by atoms with Crippen molar-refractivity contribution >= 4 is 11.0 Å². The quantitative estimate of drug-likeness (QED) is 0.857. The van der Waals surface area contributed by atoms with Crippen molar-refractivity contribution in [1.82, 2.24) is 14.9 Å². The topological polar surface area (TPSA) is 39.1 Å². The van der Waals surface area contributed by atoms with Crippen LogP contribution < -0.4 is 10.1 Å². The van der Waals surface area contributed by atoms with Crippen molar-refractivity contribution in [2.24, 2.45) is 0 Å². The zero-order valence-corrected chi connectivity index (χ0v) is 10.2. The van der Waals surface area contributed by atoms with Gasteiger partial charge in [0.25, 0.3) is 0 Å². The summed E-state index contributed by atoms with van der Waals surface area (Å²) in [6, 6.07) is 6.59. The van der Waals surface area contributed by atoms with Crippen LogP contribution in [0.3, 0.4) is 0 Å². The normalized spacial score (nSPS) is 20.0. The summed E-state index contributed by atoms with van der Waals surface area (Å²) in [7, 11) is 1.70. The second-order valence-corrected chi connectivity index (χ2v) is 4.53. The largest absolute Gasteiger partial charge is 0.497 e. The number of rotatable bonds is 2. The zero-order chi connectivity index (χ0) is 11.8. The minimum absolute atomic E-state index is 0.520. The van der Waals surface area contributed by atoms with Crippen LogP contribution in [0.25, 0.3) is 11.0 Å². The summed E-state index contributed by atoms with van der Waals surface area (Å²) in [5.41, 5.74) is 2.23. The second-order valence-electron chi connectivity index (χ2n) is 4.53. The lowest BCUT2D eigenvalue weighted by Crippen LogP contribution is -2.14. The van der Waals surface area contributed by atoms with E-state index in [-0.39, 0.29) is 0 Å². The molecule has 1 aliphatic heterocycles. The van der Waals surface area contributed by atoms with E-state index in [2.05, 4.69) is 27.9 Å². The standard InChI is InChI=1S/C13H17N3O/c1-9-15-12-4-3-11(17-2)7-13(12)16(9)10-5-6-14-8-10/h3-4,7,10,14H,5-6,8H2,1-2H3. The number of nitrogens with zero attached hydrogens (tertiary/aromatic N) is 2. The van der Waals surface area contributed by atoms with Crippen molar-refractivity contribution in [3.63, 3.8) is 0 Å². The number of ether oxygens (including phenoxy) is 1. The highest BCUT2D eigenvalue weighted by molar-refractivity contribution is 5.78. The number of hydrogen-bond acceptors (Lipinski definition) is 3. The van der Waals surface area contributed by atoms with Gasteiger partial charge in [-0.05, 0) is 32.0 Å². The molecule has 2 heterocycles. The Morgan fingerprint density at radius 2 is 2.35 bits per heavy atom. The maximum absolute atomic E-state index is 5.29. The number of benzene rings is 1. The minimum atomic E-state index is 0.520. The first-order valence-electron chi connectivity index (χ1n) is 6.03. The van der Waals surface area contributed by atoms with E-state index in [1.807, 2.05) is 12.1 Å². The molecule has 2 aromatic rings. The molecule has 3 rings (SSSR count). The lowest BCUT2D eigenvalue weighted by Gasteiger charge is -2.14. The molecular weight excluding hydrogens is 214 g/mol. The van der Waals surface area contributed by atoms with Crippen LogP contribution in [0.4, 0.5) is 0 Å². The first-order valence-corrected chi connectivity index (χ1v) is 6.03. The number of nitrogens with one attached hydrogen (secondary N) is 1. The van der Waals surface area contributed by atoms with E-state index in [1.54, 1.807) is 7.11 Å². The lowest BCUT2D eigenvalue weighted by molar-refractivity contribution is 0.415. The summed E-state index contributed by atoms with van der Waals surface area (Å²) >= 11 is 0. The molecule has 0 spiro atoms. The number of methoxy groups -OCH3 is 1. The van der Waals surface area contributed by atoms with E-state index in [0.717, 1.165) is 30.2 Å². The molecule has 1 saturated heterocycles. The van der Waals surface area contributed by atoms with Crippen molar-refractivity contribution in [3.05, 3.63) is 24.0 Å². The molecular formula is C13H17N3O. The average Bonchev–Trinajstić information content (AvgIpc) is 2.93.